The molecule has 0 fully saturated rings. The summed E-state index contributed by atoms with van der Waals surface area (Å²) in [6.07, 6.45) is 1.83. The van der Waals surface area contributed by atoms with Crippen LogP contribution in [0.3, 0.4) is 0 Å². The van der Waals surface area contributed by atoms with E-state index in [1.54, 1.807) is 0 Å². The predicted molar refractivity (Wildman–Crippen MR) is 232 cm³/mol. The third-order valence-corrected chi connectivity index (χ3v) is 11.3. The van der Waals surface area contributed by atoms with Crippen LogP contribution in [-0.2, 0) is 0 Å². The average Bonchev–Trinajstić information content (AvgIpc) is 3.79. The van der Waals surface area contributed by atoms with E-state index in [0.29, 0.717) is 0 Å². The van der Waals surface area contributed by atoms with Crippen molar-refractivity contribution in [2.45, 2.75) is 13.8 Å². The monoisotopic (exact) mass is 732 g/mol. The smallest absolute Gasteiger partial charge is 0.145 e. The SMILES string of the molecule is Cc1cccc(C)c1-n1c(-c2cccc(Oc3ccc4c5ccccc5n(-c5ccccn5)c4c3)c2)nc2c1-c1ccccc1-c1ccccc1-c1ccccc1-2. The topological polar surface area (TPSA) is 44.9 Å². The maximum atomic E-state index is 6.75. The number of hydrogen-bond acceptors (Lipinski definition) is 3. The Kier molecular flexibility index (Phi) is 7.54. The minimum absolute atomic E-state index is 0.726. The van der Waals surface area contributed by atoms with Gasteiger partial charge in [-0.15, -0.1) is 0 Å². The van der Waals surface area contributed by atoms with Crippen LogP contribution in [0.15, 0.2) is 182 Å². The molecule has 11 rings (SSSR count). The molecular weight excluding hydrogens is 697 g/mol. The van der Waals surface area contributed by atoms with Crippen LogP contribution in [0, 0.1) is 13.8 Å². The van der Waals surface area contributed by atoms with Gasteiger partial charge in [-0.25, -0.2) is 9.97 Å². The maximum absolute atomic E-state index is 6.75. The van der Waals surface area contributed by atoms with Crippen LogP contribution in [0.4, 0.5) is 0 Å². The number of fused-ring (bicyclic) bond motifs is 11. The van der Waals surface area contributed by atoms with Gasteiger partial charge >= 0.3 is 0 Å². The van der Waals surface area contributed by atoms with Gasteiger partial charge in [0.25, 0.3) is 0 Å². The molecule has 0 saturated heterocycles. The molecule has 0 N–H and O–H groups in total. The fourth-order valence-electron chi connectivity index (χ4n) is 8.81. The van der Waals surface area contributed by atoms with E-state index >= 15 is 0 Å². The third kappa shape index (κ3) is 5.24. The van der Waals surface area contributed by atoms with Crippen molar-refractivity contribution in [3.8, 4) is 79.2 Å². The van der Waals surface area contributed by atoms with E-state index in [4.69, 9.17) is 14.7 Å². The summed E-state index contributed by atoms with van der Waals surface area (Å²) in [5.41, 5.74) is 15.6. The Morgan fingerprint density at radius 2 is 1.05 bits per heavy atom. The highest BCUT2D eigenvalue weighted by atomic mass is 16.5. The lowest BCUT2D eigenvalue weighted by Gasteiger charge is -2.23. The quantitative estimate of drug-likeness (QED) is 0.177. The number of aromatic nitrogens is 4. The lowest BCUT2D eigenvalue weighted by atomic mass is 9.84. The van der Waals surface area contributed by atoms with Crippen molar-refractivity contribution in [1.29, 1.82) is 0 Å². The van der Waals surface area contributed by atoms with E-state index in [1.165, 1.54) is 33.2 Å². The highest BCUT2D eigenvalue weighted by molar-refractivity contribution is 6.09. The van der Waals surface area contributed by atoms with E-state index in [-0.39, 0.29) is 0 Å². The first kappa shape index (κ1) is 32.9. The molecule has 0 unspecified atom stereocenters. The number of imidazole rings is 1. The minimum Gasteiger partial charge on any atom is -0.457 e. The second-order valence-electron chi connectivity index (χ2n) is 14.7. The van der Waals surface area contributed by atoms with Crippen molar-refractivity contribution >= 4 is 21.8 Å². The lowest BCUT2D eigenvalue weighted by Crippen LogP contribution is -2.06. The molecule has 0 bridgehead atoms. The molecule has 3 aromatic heterocycles. The van der Waals surface area contributed by atoms with Crippen LogP contribution in [0.1, 0.15) is 11.1 Å². The Hall–Kier alpha value is -7.50. The summed E-state index contributed by atoms with van der Waals surface area (Å²) in [7, 11) is 0. The van der Waals surface area contributed by atoms with Crippen molar-refractivity contribution < 1.29 is 4.74 Å². The van der Waals surface area contributed by atoms with Gasteiger partial charge in [0.15, 0.2) is 0 Å². The zero-order valence-electron chi connectivity index (χ0n) is 31.5. The molecule has 0 aliphatic heterocycles. The second-order valence-corrected chi connectivity index (χ2v) is 14.7. The average molecular weight is 733 g/mol. The van der Waals surface area contributed by atoms with Crippen LogP contribution in [-0.4, -0.2) is 19.1 Å². The molecule has 0 spiro atoms. The highest BCUT2D eigenvalue weighted by Gasteiger charge is 2.30. The largest absolute Gasteiger partial charge is 0.457 e. The molecule has 5 nitrogen and oxygen atoms in total. The van der Waals surface area contributed by atoms with Crippen LogP contribution >= 0.6 is 0 Å². The highest BCUT2D eigenvalue weighted by Crippen LogP contribution is 2.50. The molecule has 1 aliphatic rings. The number of hydrogen-bond donors (Lipinski definition) is 0. The van der Waals surface area contributed by atoms with Crippen LogP contribution in [0.25, 0.3) is 89.5 Å². The Labute approximate surface area is 330 Å². The first-order valence-electron chi connectivity index (χ1n) is 19.3. The number of rotatable bonds is 5. The minimum atomic E-state index is 0.726. The molecule has 0 amide bonds. The van der Waals surface area contributed by atoms with Crippen LogP contribution in [0.5, 0.6) is 11.5 Å². The van der Waals surface area contributed by atoms with Gasteiger partial charge in [-0.1, -0.05) is 127 Å². The van der Waals surface area contributed by atoms with Gasteiger partial charge in [0.2, 0.25) is 0 Å². The van der Waals surface area contributed by atoms with Gasteiger partial charge in [0.05, 0.1) is 28.1 Å². The summed E-state index contributed by atoms with van der Waals surface area (Å²) in [6, 6.07) is 61.8. The molecule has 0 saturated carbocycles. The summed E-state index contributed by atoms with van der Waals surface area (Å²) in [6.45, 7) is 4.38. The molecule has 0 atom stereocenters. The molecule has 57 heavy (non-hydrogen) atoms. The number of para-hydroxylation sites is 2. The Morgan fingerprint density at radius 3 is 1.79 bits per heavy atom. The standard InChI is InChI=1S/C52H36N4O/c1-33-15-13-16-34(2)50(33)56-51-45-25-8-6-22-41(45)39-20-4-3-19-38(39)40-21-5-7-24-44(40)49(51)54-52(56)35-17-14-18-36(31-35)57-37-28-29-43-42-23-9-10-26-46(42)55(47(43)32-37)48-27-11-12-30-53-48/h3-32H,1-2H3. The second kappa shape index (κ2) is 13.1. The molecule has 5 heteroatoms. The van der Waals surface area contributed by atoms with Crippen molar-refractivity contribution in [3.63, 3.8) is 0 Å². The van der Waals surface area contributed by atoms with Crippen molar-refractivity contribution in [2.24, 2.45) is 0 Å². The zero-order chi connectivity index (χ0) is 38.0. The van der Waals surface area contributed by atoms with Gasteiger partial charge in [-0.2, -0.15) is 0 Å². The summed E-state index contributed by atoms with van der Waals surface area (Å²) < 4.78 is 11.4. The number of pyridine rings is 1. The van der Waals surface area contributed by atoms with Gasteiger partial charge in [0, 0.05) is 39.7 Å². The molecule has 7 aromatic carbocycles. The van der Waals surface area contributed by atoms with E-state index in [1.807, 2.05) is 30.5 Å². The van der Waals surface area contributed by atoms with Gasteiger partial charge in [-0.3, -0.25) is 9.13 Å². The van der Waals surface area contributed by atoms with Crippen molar-refractivity contribution in [3.05, 3.63) is 193 Å². The summed E-state index contributed by atoms with van der Waals surface area (Å²) in [4.78, 5) is 10.4. The van der Waals surface area contributed by atoms with Crippen molar-refractivity contribution in [1.82, 2.24) is 19.1 Å². The fourth-order valence-corrected chi connectivity index (χ4v) is 8.81. The van der Waals surface area contributed by atoms with E-state index in [2.05, 4.69) is 175 Å². The zero-order valence-corrected chi connectivity index (χ0v) is 31.5. The van der Waals surface area contributed by atoms with E-state index in [9.17, 15) is 0 Å². The molecule has 0 radical (unpaired) electrons. The molecule has 270 valence electrons. The summed E-state index contributed by atoms with van der Waals surface area (Å²) in [5, 5.41) is 2.32. The summed E-state index contributed by atoms with van der Waals surface area (Å²) in [5.74, 6) is 3.18. The van der Waals surface area contributed by atoms with Crippen molar-refractivity contribution in [2.75, 3.05) is 0 Å². The van der Waals surface area contributed by atoms with Crippen LogP contribution < -0.4 is 4.74 Å². The van der Waals surface area contributed by atoms with E-state index in [0.717, 1.165) is 78.9 Å². The normalized spacial score (nSPS) is 11.7. The molecule has 1 aliphatic carbocycles. The van der Waals surface area contributed by atoms with E-state index < -0.39 is 0 Å². The first-order valence-corrected chi connectivity index (χ1v) is 19.3. The number of nitrogens with zero attached hydrogens (tertiary/aromatic N) is 4. The Bertz CT molecular complexity index is 3170. The number of aryl methyl sites for hydroxylation is 2. The number of benzene rings is 7. The third-order valence-electron chi connectivity index (χ3n) is 11.3. The van der Waals surface area contributed by atoms with Gasteiger partial charge in [-0.05, 0) is 89.7 Å². The van der Waals surface area contributed by atoms with Gasteiger partial charge in [0.1, 0.15) is 23.1 Å². The Morgan fingerprint density at radius 1 is 0.456 bits per heavy atom. The Balaban J connectivity index is 1.12. The molecule has 10 aromatic rings. The molecular formula is C52H36N4O. The van der Waals surface area contributed by atoms with Gasteiger partial charge < -0.3 is 4.74 Å². The first-order chi connectivity index (χ1) is 28.1. The van der Waals surface area contributed by atoms with Crippen LogP contribution in [0.2, 0.25) is 0 Å². The lowest BCUT2D eigenvalue weighted by molar-refractivity contribution is 0.483. The number of ether oxygens (including phenoxy) is 1. The predicted octanol–water partition coefficient (Wildman–Crippen LogP) is 13.4. The molecule has 3 heterocycles. The summed E-state index contributed by atoms with van der Waals surface area (Å²) >= 11 is 0. The maximum Gasteiger partial charge on any atom is 0.145 e. The fraction of sp³-hybridized carbons (Fsp3) is 0.0385.